The Hall–Kier alpha value is -2.65. The Morgan fingerprint density at radius 2 is 1.68 bits per heavy atom. The zero-order valence-corrected chi connectivity index (χ0v) is 21.4. The molecule has 2 aromatic rings. The fourth-order valence-corrected chi connectivity index (χ4v) is 4.60. The molecule has 1 atom stereocenters. The number of benzene rings is 2. The van der Waals surface area contributed by atoms with Gasteiger partial charge in [-0.2, -0.15) is 0 Å². The summed E-state index contributed by atoms with van der Waals surface area (Å²) in [6.07, 6.45) is 1.09. The van der Waals surface area contributed by atoms with E-state index in [0.717, 1.165) is 10.6 Å². The van der Waals surface area contributed by atoms with Crippen LogP contribution in [0.15, 0.2) is 48.5 Å². The maximum absolute atomic E-state index is 14.2. The van der Waals surface area contributed by atoms with Gasteiger partial charge < -0.3 is 10.2 Å². The molecule has 2 amide bonds. The van der Waals surface area contributed by atoms with Gasteiger partial charge in [-0.3, -0.25) is 13.9 Å². The van der Waals surface area contributed by atoms with Crippen LogP contribution in [0.25, 0.3) is 0 Å². The number of nitrogens with one attached hydrogen (secondary N) is 1. The molecule has 0 saturated carbocycles. The minimum absolute atomic E-state index is 0.0375. The standard InChI is InChI=1S/C24H31ClFN3O4S/c1-17(2)27-24(31)18(3)28(16-19-10-5-6-11-20(19)25)23(30)14-9-15-29(34(4,32)33)22-13-8-7-12-21(22)26/h5-8,10-13,17-18H,9,14-16H2,1-4H3,(H,27,31)/t18-/m0/s1. The van der Waals surface area contributed by atoms with Crippen molar-refractivity contribution in [1.82, 2.24) is 10.2 Å². The molecule has 0 unspecified atom stereocenters. The van der Waals surface area contributed by atoms with Gasteiger partial charge in [-0.25, -0.2) is 12.8 Å². The minimum atomic E-state index is -3.77. The van der Waals surface area contributed by atoms with Crippen molar-refractivity contribution in [1.29, 1.82) is 0 Å². The van der Waals surface area contributed by atoms with E-state index < -0.39 is 21.9 Å². The van der Waals surface area contributed by atoms with E-state index in [1.54, 1.807) is 37.3 Å². The molecule has 0 bridgehead atoms. The van der Waals surface area contributed by atoms with Crippen molar-refractivity contribution >= 4 is 39.1 Å². The third-order valence-corrected chi connectivity index (χ3v) is 6.72. The lowest BCUT2D eigenvalue weighted by molar-refractivity contribution is -0.140. The minimum Gasteiger partial charge on any atom is -0.352 e. The molecule has 0 aromatic heterocycles. The van der Waals surface area contributed by atoms with E-state index in [1.807, 2.05) is 13.8 Å². The number of amides is 2. The van der Waals surface area contributed by atoms with Gasteiger partial charge in [0.2, 0.25) is 21.8 Å². The Bertz CT molecular complexity index is 1110. The first kappa shape index (κ1) is 27.6. The van der Waals surface area contributed by atoms with E-state index in [0.29, 0.717) is 10.6 Å². The van der Waals surface area contributed by atoms with Gasteiger partial charge in [-0.1, -0.05) is 41.9 Å². The van der Waals surface area contributed by atoms with E-state index >= 15 is 0 Å². The van der Waals surface area contributed by atoms with Gasteiger partial charge >= 0.3 is 0 Å². The van der Waals surface area contributed by atoms with Crippen molar-refractivity contribution in [3.63, 3.8) is 0 Å². The molecule has 10 heteroatoms. The first-order valence-electron chi connectivity index (χ1n) is 11.0. The Morgan fingerprint density at radius 1 is 1.06 bits per heavy atom. The van der Waals surface area contributed by atoms with Gasteiger partial charge in [-0.15, -0.1) is 0 Å². The second-order valence-electron chi connectivity index (χ2n) is 8.34. The summed E-state index contributed by atoms with van der Waals surface area (Å²) in [7, 11) is -3.77. The van der Waals surface area contributed by atoms with Gasteiger partial charge in [0.15, 0.2) is 0 Å². The van der Waals surface area contributed by atoms with E-state index in [2.05, 4.69) is 5.32 Å². The third kappa shape index (κ3) is 7.70. The summed E-state index contributed by atoms with van der Waals surface area (Å²) in [5.41, 5.74) is 0.612. The zero-order valence-electron chi connectivity index (χ0n) is 19.8. The Labute approximate surface area is 205 Å². The maximum Gasteiger partial charge on any atom is 0.242 e. The molecule has 34 heavy (non-hydrogen) atoms. The second kappa shape index (κ2) is 12.2. The highest BCUT2D eigenvalue weighted by molar-refractivity contribution is 7.92. The lowest BCUT2D eigenvalue weighted by Gasteiger charge is -2.30. The molecule has 7 nitrogen and oxygen atoms in total. The van der Waals surface area contributed by atoms with Crippen LogP contribution in [0.4, 0.5) is 10.1 Å². The lowest BCUT2D eigenvalue weighted by atomic mass is 10.1. The molecule has 0 spiro atoms. The number of carbonyl (C=O) groups excluding carboxylic acids is 2. The van der Waals surface area contributed by atoms with Crippen molar-refractivity contribution < 1.29 is 22.4 Å². The number of sulfonamides is 1. The summed E-state index contributed by atoms with van der Waals surface area (Å²) in [6, 6.07) is 11.7. The van der Waals surface area contributed by atoms with Gasteiger partial charge in [-0.05, 0) is 51.0 Å². The summed E-state index contributed by atoms with van der Waals surface area (Å²) in [5.74, 6) is -1.31. The number of para-hydroxylation sites is 1. The van der Waals surface area contributed by atoms with Crippen LogP contribution in [0, 0.1) is 5.82 Å². The van der Waals surface area contributed by atoms with Crippen LogP contribution in [-0.2, 0) is 26.2 Å². The fourth-order valence-electron chi connectivity index (χ4n) is 3.43. The molecule has 0 aliphatic heterocycles. The quantitative estimate of drug-likeness (QED) is 0.494. The molecule has 0 aliphatic carbocycles. The number of halogens is 2. The van der Waals surface area contributed by atoms with Gasteiger partial charge in [0.1, 0.15) is 11.9 Å². The monoisotopic (exact) mass is 511 g/mol. The van der Waals surface area contributed by atoms with Crippen LogP contribution in [0.5, 0.6) is 0 Å². The molecule has 0 fully saturated rings. The number of anilines is 1. The highest BCUT2D eigenvalue weighted by atomic mass is 35.5. The molecule has 186 valence electrons. The average Bonchev–Trinajstić information content (AvgIpc) is 2.75. The molecular formula is C24H31ClFN3O4S. The predicted octanol–water partition coefficient (Wildman–Crippen LogP) is 3.97. The average molecular weight is 512 g/mol. The van der Waals surface area contributed by atoms with E-state index in [9.17, 15) is 22.4 Å². The fraction of sp³-hybridized carbons (Fsp3) is 0.417. The van der Waals surface area contributed by atoms with Crippen molar-refractivity contribution in [3.8, 4) is 0 Å². The summed E-state index contributed by atoms with van der Waals surface area (Å²) in [6.45, 7) is 5.32. The Kier molecular flexibility index (Phi) is 9.88. The van der Waals surface area contributed by atoms with Crippen LogP contribution in [-0.4, -0.2) is 50.0 Å². The topological polar surface area (TPSA) is 86.8 Å². The Balaban J connectivity index is 2.19. The number of hydrogen-bond acceptors (Lipinski definition) is 4. The molecular weight excluding hydrogens is 481 g/mol. The molecule has 0 radical (unpaired) electrons. The van der Waals surface area contributed by atoms with Crippen molar-refractivity contribution in [2.75, 3.05) is 17.1 Å². The zero-order chi connectivity index (χ0) is 25.5. The lowest BCUT2D eigenvalue weighted by Crippen LogP contribution is -2.49. The van der Waals surface area contributed by atoms with Crippen LogP contribution < -0.4 is 9.62 Å². The summed E-state index contributed by atoms with van der Waals surface area (Å²) >= 11 is 6.27. The number of nitrogens with zero attached hydrogens (tertiary/aromatic N) is 2. The van der Waals surface area contributed by atoms with Gasteiger partial charge in [0, 0.05) is 30.6 Å². The van der Waals surface area contributed by atoms with E-state index in [4.69, 9.17) is 11.6 Å². The van der Waals surface area contributed by atoms with E-state index in [1.165, 1.54) is 23.1 Å². The highest BCUT2D eigenvalue weighted by Crippen LogP contribution is 2.23. The Morgan fingerprint density at radius 3 is 2.26 bits per heavy atom. The van der Waals surface area contributed by atoms with Crippen LogP contribution in [0.2, 0.25) is 5.02 Å². The summed E-state index contributed by atoms with van der Waals surface area (Å²) in [5, 5.41) is 3.28. The predicted molar refractivity (Wildman–Crippen MR) is 133 cm³/mol. The summed E-state index contributed by atoms with van der Waals surface area (Å²) < 4.78 is 39.7. The van der Waals surface area contributed by atoms with Crippen LogP contribution >= 0.6 is 11.6 Å². The van der Waals surface area contributed by atoms with Crippen molar-refractivity contribution in [3.05, 3.63) is 64.9 Å². The van der Waals surface area contributed by atoms with Gasteiger partial charge in [0.05, 0.1) is 11.9 Å². The van der Waals surface area contributed by atoms with Crippen LogP contribution in [0.3, 0.4) is 0 Å². The van der Waals surface area contributed by atoms with Crippen molar-refractivity contribution in [2.24, 2.45) is 0 Å². The smallest absolute Gasteiger partial charge is 0.242 e. The number of carbonyl (C=O) groups is 2. The van der Waals surface area contributed by atoms with Crippen LogP contribution in [0.1, 0.15) is 39.2 Å². The molecule has 2 aromatic carbocycles. The number of rotatable bonds is 11. The molecule has 2 rings (SSSR count). The number of hydrogen-bond donors (Lipinski definition) is 1. The summed E-state index contributed by atoms with van der Waals surface area (Å²) in [4.78, 5) is 27.3. The van der Waals surface area contributed by atoms with E-state index in [-0.39, 0.29) is 49.5 Å². The second-order valence-corrected chi connectivity index (χ2v) is 10.7. The molecule has 0 saturated heterocycles. The molecule has 1 N–H and O–H groups in total. The maximum atomic E-state index is 14.2. The molecule has 0 aliphatic rings. The molecule has 0 heterocycles. The first-order chi connectivity index (χ1) is 15.9. The normalized spacial score (nSPS) is 12.3. The largest absolute Gasteiger partial charge is 0.352 e. The highest BCUT2D eigenvalue weighted by Gasteiger charge is 2.27. The van der Waals surface area contributed by atoms with Crippen molar-refractivity contribution in [2.45, 2.75) is 52.2 Å². The van der Waals surface area contributed by atoms with Gasteiger partial charge in [0.25, 0.3) is 0 Å². The third-order valence-electron chi connectivity index (χ3n) is 5.17. The first-order valence-corrected chi connectivity index (χ1v) is 13.2. The SMILES string of the molecule is CC(C)NC(=O)[C@H](C)N(Cc1ccccc1Cl)C(=O)CCCN(c1ccccc1F)S(C)(=O)=O.